The second-order valence-corrected chi connectivity index (χ2v) is 11.2. The van der Waals surface area contributed by atoms with E-state index >= 15 is 0 Å². The lowest BCUT2D eigenvalue weighted by atomic mass is 9.99. The molecular formula is C31H49BrN4O6. The lowest BCUT2D eigenvalue weighted by Crippen LogP contribution is -2.43. The third-order valence-electron chi connectivity index (χ3n) is 6.82. The zero-order chi connectivity index (χ0) is 30.2. The highest BCUT2D eigenvalue weighted by molar-refractivity contribution is 9.10. The van der Waals surface area contributed by atoms with Gasteiger partial charge in [-0.15, -0.1) is 0 Å². The maximum absolute atomic E-state index is 11.4. The van der Waals surface area contributed by atoms with Crippen molar-refractivity contribution in [3.05, 3.63) is 52.5 Å². The van der Waals surface area contributed by atoms with Gasteiger partial charge in [-0.05, 0) is 64.9 Å². The minimum atomic E-state index is -0.197. The quantitative estimate of drug-likeness (QED) is 0.405. The van der Waals surface area contributed by atoms with Gasteiger partial charge in [0, 0.05) is 48.2 Å². The highest BCUT2D eigenvalue weighted by atomic mass is 79.9. The van der Waals surface area contributed by atoms with Crippen LogP contribution < -0.4 is 10.2 Å². The molecule has 0 saturated carbocycles. The number of methoxy groups -OCH3 is 2. The van der Waals surface area contributed by atoms with E-state index in [-0.39, 0.29) is 31.2 Å². The summed E-state index contributed by atoms with van der Waals surface area (Å²) in [7, 11) is 2.81. The fourth-order valence-corrected chi connectivity index (χ4v) is 4.66. The van der Waals surface area contributed by atoms with Crippen LogP contribution in [0.5, 0.6) is 0 Å². The number of nitrogens with zero attached hydrogens (tertiary/aromatic N) is 3. The number of pyridine rings is 2. The van der Waals surface area contributed by atoms with Gasteiger partial charge >= 0.3 is 11.9 Å². The predicted octanol–water partition coefficient (Wildman–Crippen LogP) is 5.11. The zero-order valence-electron chi connectivity index (χ0n) is 25.1. The first-order valence-corrected chi connectivity index (χ1v) is 14.8. The molecule has 2 aromatic rings. The Labute approximate surface area is 260 Å². The molecule has 2 unspecified atom stereocenters. The highest BCUT2D eigenvalue weighted by Gasteiger charge is 2.21. The number of halogens is 1. The SMILES string of the molecule is C.COC(=O)CC(C)c1cncc(Br)c1.COC(=O)CC(C)c1cncc(N2CCOC[C@@H]2C)c1.C[C@H]1COCCN1. The maximum Gasteiger partial charge on any atom is 0.306 e. The van der Waals surface area contributed by atoms with Crippen molar-refractivity contribution < 1.29 is 28.5 Å². The van der Waals surface area contributed by atoms with Crippen molar-refractivity contribution in [2.24, 2.45) is 0 Å². The van der Waals surface area contributed by atoms with Crippen LogP contribution in [0.1, 0.15) is 70.9 Å². The van der Waals surface area contributed by atoms with Gasteiger partial charge in [0.25, 0.3) is 0 Å². The van der Waals surface area contributed by atoms with Crippen molar-refractivity contribution in [3.63, 3.8) is 0 Å². The van der Waals surface area contributed by atoms with E-state index in [9.17, 15) is 9.59 Å². The highest BCUT2D eigenvalue weighted by Crippen LogP contribution is 2.25. The number of carbonyl (C=O) groups excluding carboxylic acids is 2. The Kier molecular flexibility index (Phi) is 18.1. The van der Waals surface area contributed by atoms with Crippen LogP contribution in [-0.4, -0.2) is 87.7 Å². The molecule has 0 radical (unpaired) electrons. The summed E-state index contributed by atoms with van der Waals surface area (Å²) < 4.78 is 20.8. The molecule has 0 aromatic carbocycles. The number of anilines is 1. The Morgan fingerprint density at radius 2 is 1.52 bits per heavy atom. The summed E-state index contributed by atoms with van der Waals surface area (Å²) in [4.78, 5) is 33.0. The molecule has 2 saturated heterocycles. The van der Waals surface area contributed by atoms with Crippen molar-refractivity contribution >= 4 is 33.6 Å². The third-order valence-corrected chi connectivity index (χ3v) is 7.25. The number of carbonyl (C=O) groups is 2. The first kappa shape index (κ1) is 37.4. The van der Waals surface area contributed by atoms with Gasteiger partial charge in [0.2, 0.25) is 0 Å². The Balaban J connectivity index is 0.000000347. The topological polar surface area (TPSA) is 112 Å². The van der Waals surface area contributed by atoms with Crippen molar-refractivity contribution in [1.82, 2.24) is 15.3 Å². The van der Waals surface area contributed by atoms with E-state index in [1.54, 1.807) is 12.4 Å². The number of ether oxygens (including phenoxy) is 4. The van der Waals surface area contributed by atoms with Crippen LogP contribution in [0.15, 0.2) is 41.4 Å². The minimum absolute atomic E-state index is 0. The Morgan fingerprint density at radius 1 is 0.952 bits per heavy atom. The van der Waals surface area contributed by atoms with Crippen LogP contribution in [0.25, 0.3) is 0 Å². The molecule has 4 rings (SSSR count). The van der Waals surface area contributed by atoms with Gasteiger partial charge < -0.3 is 29.2 Å². The molecule has 4 heterocycles. The van der Waals surface area contributed by atoms with E-state index in [4.69, 9.17) is 14.2 Å². The number of morpholine rings is 2. The van der Waals surface area contributed by atoms with E-state index in [1.807, 2.05) is 32.3 Å². The minimum Gasteiger partial charge on any atom is -0.469 e. The number of aromatic nitrogens is 2. The molecular weight excluding hydrogens is 604 g/mol. The van der Waals surface area contributed by atoms with Gasteiger partial charge in [-0.1, -0.05) is 21.3 Å². The Bertz CT molecular complexity index is 1070. The van der Waals surface area contributed by atoms with E-state index in [0.29, 0.717) is 24.9 Å². The smallest absolute Gasteiger partial charge is 0.306 e. The molecule has 2 fully saturated rings. The second kappa shape index (κ2) is 20.3. The van der Waals surface area contributed by atoms with Gasteiger partial charge in [-0.2, -0.15) is 0 Å². The summed E-state index contributed by atoms with van der Waals surface area (Å²) in [6.07, 6.45) is 7.93. The Morgan fingerprint density at radius 3 is 2.00 bits per heavy atom. The molecule has 2 aliphatic rings. The van der Waals surface area contributed by atoms with Crippen LogP contribution in [0, 0.1) is 0 Å². The van der Waals surface area contributed by atoms with Gasteiger partial charge in [0.1, 0.15) is 0 Å². The van der Waals surface area contributed by atoms with Crippen molar-refractivity contribution in [1.29, 1.82) is 0 Å². The molecule has 236 valence electrons. The van der Waals surface area contributed by atoms with Crippen LogP contribution in [0.4, 0.5) is 5.69 Å². The molecule has 2 aromatic heterocycles. The predicted molar refractivity (Wildman–Crippen MR) is 169 cm³/mol. The molecule has 0 spiro atoms. The zero-order valence-corrected chi connectivity index (χ0v) is 26.7. The maximum atomic E-state index is 11.4. The van der Waals surface area contributed by atoms with Crippen molar-refractivity contribution in [2.45, 2.75) is 71.9 Å². The second-order valence-electron chi connectivity index (χ2n) is 10.3. The van der Waals surface area contributed by atoms with Crippen LogP contribution in [0.2, 0.25) is 0 Å². The lowest BCUT2D eigenvalue weighted by Gasteiger charge is -2.35. The summed E-state index contributed by atoms with van der Waals surface area (Å²) in [5.74, 6) is -0.154. The molecule has 0 aliphatic carbocycles. The number of hydrogen-bond acceptors (Lipinski definition) is 10. The molecule has 0 amide bonds. The molecule has 10 nitrogen and oxygen atoms in total. The molecule has 4 atom stereocenters. The molecule has 2 aliphatic heterocycles. The third kappa shape index (κ3) is 13.6. The van der Waals surface area contributed by atoms with Gasteiger partial charge in [0.15, 0.2) is 0 Å². The van der Waals surface area contributed by atoms with Crippen LogP contribution in [0.3, 0.4) is 0 Å². The molecule has 0 bridgehead atoms. The summed E-state index contributed by atoms with van der Waals surface area (Å²) in [5, 5.41) is 3.26. The molecule has 11 heteroatoms. The Hall–Kier alpha value is -2.60. The van der Waals surface area contributed by atoms with Crippen molar-refractivity contribution in [3.8, 4) is 0 Å². The van der Waals surface area contributed by atoms with E-state index in [2.05, 4.69) is 60.8 Å². The van der Waals surface area contributed by atoms with Gasteiger partial charge in [0.05, 0.1) is 65.4 Å². The standard InChI is InChI=1S/C15H22N2O3.C10H12BrNO2.C5H11NO.CH4/c1-11(6-15(18)19-3)13-7-14(9-16-8-13)17-4-5-20-10-12(17)2;1-7(3-10(13)14-2)8-4-9(11)6-12-5-8;1-5-4-7-3-2-6-5;/h7-9,11-12H,4-6,10H2,1-3H3;4-7H,3H2,1-2H3;5-6H,2-4H2,1H3;1H4/t11?,12-;;5-;/m0.0./s1. The molecule has 42 heavy (non-hydrogen) atoms. The average Bonchev–Trinajstić information content (AvgIpc) is 2.98. The largest absolute Gasteiger partial charge is 0.469 e. The average molecular weight is 654 g/mol. The van der Waals surface area contributed by atoms with E-state index in [1.165, 1.54) is 14.2 Å². The van der Waals surface area contributed by atoms with Crippen LogP contribution in [-0.2, 0) is 28.5 Å². The van der Waals surface area contributed by atoms with Gasteiger partial charge in [-0.3, -0.25) is 19.6 Å². The first-order chi connectivity index (χ1) is 19.6. The number of esters is 2. The van der Waals surface area contributed by atoms with Gasteiger partial charge in [-0.25, -0.2) is 0 Å². The number of nitrogens with one attached hydrogen (secondary N) is 1. The molecule has 1 N–H and O–H groups in total. The number of rotatable bonds is 7. The summed E-state index contributed by atoms with van der Waals surface area (Å²) in [5.41, 5.74) is 3.19. The normalized spacial score (nSPS) is 19.4. The van der Waals surface area contributed by atoms with Crippen LogP contribution >= 0.6 is 15.9 Å². The summed E-state index contributed by atoms with van der Waals surface area (Å²) in [6.45, 7) is 13.4. The number of hydrogen-bond donors (Lipinski definition) is 1. The lowest BCUT2D eigenvalue weighted by molar-refractivity contribution is -0.141. The monoisotopic (exact) mass is 652 g/mol. The summed E-state index contributed by atoms with van der Waals surface area (Å²) >= 11 is 3.34. The van der Waals surface area contributed by atoms with Crippen molar-refractivity contribution in [2.75, 3.05) is 58.6 Å². The fraction of sp³-hybridized carbons (Fsp3) is 0.613. The first-order valence-electron chi connectivity index (χ1n) is 14.0. The van der Waals surface area contributed by atoms with E-state index < -0.39 is 0 Å². The summed E-state index contributed by atoms with van der Waals surface area (Å²) in [6, 6.07) is 4.98. The fourth-order valence-electron chi connectivity index (χ4n) is 4.28. The van der Waals surface area contributed by atoms with E-state index in [0.717, 1.165) is 60.8 Å².